The summed E-state index contributed by atoms with van der Waals surface area (Å²) in [7, 11) is 2.69. The van der Waals surface area contributed by atoms with Gasteiger partial charge in [-0.05, 0) is 43.6 Å². The third kappa shape index (κ3) is 9.53. The first kappa shape index (κ1) is 32.1. The van der Waals surface area contributed by atoms with Gasteiger partial charge in [-0.1, -0.05) is 58.9 Å². The molecule has 0 aromatic heterocycles. The highest BCUT2D eigenvalue weighted by Gasteiger charge is 2.41. The van der Waals surface area contributed by atoms with Gasteiger partial charge >= 0.3 is 6.98 Å². The van der Waals surface area contributed by atoms with Crippen LogP contribution in [0.4, 0.5) is 12.9 Å². The van der Waals surface area contributed by atoms with E-state index in [0.717, 1.165) is 0 Å². The highest BCUT2D eigenvalue weighted by molar-refractivity contribution is 6.60. The lowest BCUT2D eigenvalue weighted by Crippen LogP contribution is -2.50. The van der Waals surface area contributed by atoms with Crippen molar-refractivity contribution in [3.8, 4) is 11.5 Å². The summed E-state index contributed by atoms with van der Waals surface area (Å²) in [6.07, 6.45) is 11.1. The molecule has 1 N–H and O–H groups in total. The molecular formula is C27H48BF3N2O3. The molecule has 2 rings (SSSR count). The summed E-state index contributed by atoms with van der Waals surface area (Å²) in [6.45, 7) is 9.48. The van der Waals surface area contributed by atoms with Gasteiger partial charge in [0.1, 0.15) is 0 Å². The molecule has 1 amide bonds. The van der Waals surface area contributed by atoms with Crippen LogP contribution in [-0.2, 0) is 0 Å². The number of carbonyl (C=O) groups excluding carboxylic acids is 1. The first-order chi connectivity index (χ1) is 17.1. The van der Waals surface area contributed by atoms with Gasteiger partial charge in [0.05, 0.1) is 40.4 Å². The SMILES string of the molecule is CCCC[N+](CCCC)(CCCC)CCCC.COc1cc2c(cc1OC)C([B-](F)(F)F)CNC2=O. The number of unbranched alkanes of at least 4 members (excludes halogenated alkanes) is 4. The van der Waals surface area contributed by atoms with Crippen molar-refractivity contribution in [2.24, 2.45) is 0 Å². The molecular weight excluding hydrogens is 468 g/mol. The van der Waals surface area contributed by atoms with Crippen molar-refractivity contribution in [3.63, 3.8) is 0 Å². The smallest absolute Gasteiger partial charge is 0.487 e. The topological polar surface area (TPSA) is 47.6 Å². The van der Waals surface area contributed by atoms with Crippen LogP contribution in [0.1, 0.15) is 101 Å². The van der Waals surface area contributed by atoms with Gasteiger partial charge < -0.3 is 32.2 Å². The van der Waals surface area contributed by atoms with Crippen molar-refractivity contribution >= 4 is 12.9 Å². The highest BCUT2D eigenvalue weighted by Crippen LogP contribution is 2.40. The Balaban J connectivity index is 0.000000363. The molecule has 1 heterocycles. The maximum absolute atomic E-state index is 13.0. The summed E-state index contributed by atoms with van der Waals surface area (Å²) < 4.78 is 50.4. The molecule has 0 bridgehead atoms. The third-order valence-corrected chi connectivity index (χ3v) is 7.08. The number of hydrogen-bond acceptors (Lipinski definition) is 3. The number of methoxy groups -OCH3 is 2. The number of halogens is 3. The van der Waals surface area contributed by atoms with Crippen LogP contribution in [0.2, 0.25) is 0 Å². The van der Waals surface area contributed by atoms with Gasteiger partial charge in [-0.3, -0.25) is 4.79 Å². The predicted molar refractivity (Wildman–Crippen MR) is 143 cm³/mol. The van der Waals surface area contributed by atoms with E-state index in [1.165, 1.54) is 108 Å². The van der Waals surface area contributed by atoms with Crippen molar-refractivity contribution in [1.82, 2.24) is 5.32 Å². The maximum Gasteiger partial charge on any atom is 0.487 e. The Bertz CT molecular complexity index is 753. The summed E-state index contributed by atoms with van der Waals surface area (Å²) in [4.78, 5) is 11.7. The summed E-state index contributed by atoms with van der Waals surface area (Å²) in [5.74, 6) is -1.80. The van der Waals surface area contributed by atoms with E-state index in [4.69, 9.17) is 9.47 Å². The van der Waals surface area contributed by atoms with Crippen molar-refractivity contribution in [2.45, 2.75) is 84.9 Å². The molecule has 1 aromatic carbocycles. The largest absolute Gasteiger partial charge is 0.493 e. The molecule has 1 atom stereocenters. The van der Waals surface area contributed by atoms with E-state index < -0.39 is 25.2 Å². The van der Waals surface area contributed by atoms with Crippen molar-refractivity contribution < 1.29 is 31.7 Å². The van der Waals surface area contributed by atoms with Gasteiger partial charge in [-0.15, -0.1) is 0 Å². The Morgan fingerprint density at radius 3 is 1.61 bits per heavy atom. The van der Waals surface area contributed by atoms with Gasteiger partial charge in [0.25, 0.3) is 5.91 Å². The van der Waals surface area contributed by atoms with Crippen molar-refractivity contribution in [3.05, 3.63) is 23.3 Å². The van der Waals surface area contributed by atoms with E-state index in [-0.39, 0.29) is 22.6 Å². The number of ether oxygens (including phenoxy) is 2. The number of benzene rings is 1. The zero-order valence-corrected chi connectivity index (χ0v) is 23.3. The highest BCUT2D eigenvalue weighted by atomic mass is 19.4. The van der Waals surface area contributed by atoms with Gasteiger partial charge in [-0.25, -0.2) is 0 Å². The van der Waals surface area contributed by atoms with E-state index in [9.17, 15) is 17.7 Å². The van der Waals surface area contributed by atoms with E-state index in [0.29, 0.717) is 0 Å². The zero-order valence-electron chi connectivity index (χ0n) is 23.3. The van der Waals surface area contributed by atoms with Gasteiger partial charge in [0, 0.05) is 12.1 Å². The second-order valence-corrected chi connectivity index (χ2v) is 9.89. The minimum absolute atomic E-state index is 0.0203. The number of rotatable bonds is 15. The first-order valence-corrected chi connectivity index (χ1v) is 13.7. The number of quaternary nitrogens is 1. The average Bonchev–Trinajstić information content (AvgIpc) is 2.87. The fourth-order valence-corrected chi connectivity index (χ4v) is 4.79. The van der Waals surface area contributed by atoms with E-state index in [1.807, 2.05) is 0 Å². The lowest BCUT2D eigenvalue weighted by Gasteiger charge is -2.39. The zero-order chi connectivity index (χ0) is 27.2. The van der Waals surface area contributed by atoms with Gasteiger partial charge in [-0.2, -0.15) is 0 Å². The number of carbonyl (C=O) groups is 1. The molecule has 0 aliphatic carbocycles. The number of nitrogens with zero attached hydrogens (tertiary/aromatic N) is 1. The van der Waals surface area contributed by atoms with Crippen LogP contribution in [0.25, 0.3) is 0 Å². The number of nitrogens with one attached hydrogen (secondary N) is 1. The molecule has 9 heteroatoms. The van der Waals surface area contributed by atoms with Crippen LogP contribution in [-0.4, -0.2) is 64.3 Å². The monoisotopic (exact) mass is 516 g/mol. The molecule has 1 aromatic rings. The molecule has 0 spiro atoms. The van der Waals surface area contributed by atoms with Crippen LogP contribution in [0.3, 0.4) is 0 Å². The number of hydrogen-bond donors (Lipinski definition) is 1. The molecule has 1 aliphatic rings. The second-order valence-electron chi connectivity index (χ2n) is 9.89. The standard InChI is InChI=1S/C16H36N.C11H12BF3NO3/c1-5-9-13-17(14-10-6-2,15-11-7-3)16-12-8-4;1-18-9-3-6-7(4-10(9)19-2)11(17)16-5-8(6)12(13,14)15/h5-16H2,1-4H3;3-4,8H,5H2,1-2H3,(H,16,17)/q+1;-1. The first-order valence-electron chi connectivity index (χ1n) is 13.7. The number of fused-ring (bicyclic) bond motifs is 1. The average molecular weight is 516 g/mol. The minimum atomic E-state index is -5.10. The van der Waals surface area contributed by atoms with E-state index in [1.54, 1.807) is 0 Å². The lowest BCUT2D eigenvalue weighted by molar-refractivity contribution is -0.929. The van der Waals surface area contributed by atoms with Crippen LogP contribution >= 0.6 is 0 Å². The lowest BCUT2D eigenvalue weighted by atomic mass is 9.66. The van der Waals surface area contributed by atoms with Crippen molar-refractivity contribution in [1.29, 1.82) is 0 Å². The minimum Gasteiger partial charge on any atom is -0.493 e. The molecule has 36 heavy (non-hydrogen) atoms. The second kappa shape index (κ2) is 16.1. The fourth-order valence-electron chi connectivity index (χ4n) is 4.79. The molecule has 208 valence electrons. The van der Waals surface area contributed by atoms with Crippen LogP contribution in [0, 0.1) is 0 Å². The van der Waals surface area contributed by atoms with E-state index >= 15 is 0 Å². The predicted octanol–water partition coefficient (Wildman–Crippen LogP) is 6.92. The molecule has 0 saturated carbocycles. The molecule has 0 fully saturated rings. The quantitative estimate of drug-likeness (QED) is 0.203. The van der Waals surface area contributed by atoms with E-state index in [2.05, 4.69) is 33.0 Å². The van der Waals surface area contributed by atoms with Crippen LogP contribution < -0.4 is 14.8 Å². The Hall–Kier alpha value is -1.90. The Morgan fingerprint density at radius 2 is 1.25 bits per heavy atom. The summed E-state index contributed by atoms with van der Waals surface area (Å²) in [5.41, 5.74) is -0.0815. The molecule has 0 radical (unpaired) electrons. The Morgan fingerprint density at radius 1 is 0.833 bits per heavy atom. The summed E-state index contributed by atoms with van der Waals surface area (Å²) in [5, 5.41) is 2.24. The van der Waals surface area contributed by atoms with Gasteiger partial charge in [0.2, 0.25) is 0 Å². The maximum atomic E-state index is 13.0. The summed E-state index contributed by atoms with van der Waals surface area (Å²) >= 11 is 0. The van der Waals surface area contributed by atoms with Crippen molar-refractivity contribution in [2.75, 3.05) is 46.9 Å². The molecule has 5 nitrogen and oxygen atoms in total. The molecule has 1 aliphatic heterocycles. The van der Waals surface area contributed by atoms with Crippen LogP contribution in [0.5, 0.6) is 11.5 Å². The Kier molecular flexibility index (Phi) is 14.3. The van der Waals surface area contributed by atoms with Crippen LogP contribution in [0.15, 0.2) is 12.1 Å². The van der Waals surface area contributed by atoms with Gasteiger partial charge in [0.15, 0.2) is 11.5 Å². The third-order valence-electron chi connectivity index (χ3n) is 7.08. The molecule has 1 unspecified atom stereocenters. The number of amides is 1. The fraction of sp³-hybridized carbons (Fsp3) is 0.741. The summed E-state index contributed by atoms with van der Waals surface area (Å²) in [6, 6.07) is 2.50. The molecule has 0 saturated heterocycles. The normalized spacial score (nSPS) is 15.5. The Labute approximate surface area is 216 Å².